The van der Waals surface area contributed by atoms with Gasteiger partial charge in [0.2, 0.25) is 0 Å². The third-order valence-electron chi connectivity index (χ3n) is 4.08. The molecule has 0 saturated carbocycles. The van der Waals surface area contributed by atoms with Crippen LogP contribution in [-0.2, 0) is 16.2 Å². The number of hydrogen-bond acceptors (Lipinski definition) is 3. The number of nitrogens with zero attached hydrogens (tertiary/aromatic N) is 1. The first-order chi connectivity index (χ1) is 10.7. The summed E-state index contributed by atoms with van der Waals surface area (Å²) in [5.41, 5.74) is 2.07. The molecule has 3 atom stereocenters. The van der Waals surface area contributed by atoms with E-state index in [2.05, 4.69) is 0 Å². The fourth-order valence-corrected chi connectivity index (χ4v) is 3.21. The number of carbonyl (C=O) groups is 1. The molecule has 0 bridgehead atoms. The summed E-state index contributed by atoms with van der Waals surface area (Å²) in [5, 5.41) is 2.54. The van der Waals surface area contributed by atoms with E-state index in [-0.39, 0.29) is 18.1 Å². The summed E-state index contributed by atoms with van der Waals surface area (Å²) in [6.45, 7) is 2.54. The zero-order valence-corrected chi connectivity index (χ0v) is 13.1. The Morgan fingerprint density at radius 1 is 1.14 bits per heavy atom. The van der Waals surface area contributed by atoms with Gasteiger partial charge in [-0.3, -0.25) is 4.84 Å². The third-order valence-corrected chi connectivity index (χ3v) is 4.42. The lowest BCUT2D eigenvalue weighted by Crippen LogP contribution is -2.25. The molecule has 3 nitrogen and oxygen atoms in total. The second-order valence-electron chi connectivity index (χ2n) is 5.55. The van der Waals surface area contributed by atoms with Gasteiger partial charge in [-0.1, -0.05) is 60.1 Å². The Morgan fingerprint density at radius 2 is 1.82 bits per heavy atom. The van der Waals surface area contributed by atoms with Gasteiger partial charge in [-0.15, -0.1) is 0 Å². The number of hydroxylamine groups is 2. The Bertz CT molecular complexity index is 647. The zero-order valence-electron chi connectivity index (χ0n) is 12.4. The second-order valence-corrected chi connectivity index (χ2v) is 5.96. The fourth-order valence-electron chi connectivity index (χ4n) is 2.96. The number of hydrogen-bond donors (Lipinski definition) is 0. The summed E-state index contributed by atoms with van der Waals surface area (Å²) in [7, 11) is 0. The minimum Gasteiger partial charge on any atom is -0.303 e. The van der Waals surface area contributed by atoms with Crippen LogP contribution < -0.4 is 0 Å². The molecule has 0 amide bonds. The van der Waals surface area contributed by atoms with E-state index in [1.807, 2.05) is 66.6 Å². The van der Waals surface area contributed by atoms with Crippen molar-refractivity contribution in [2.45, 2.75) is 25.6 Å². The molecule has 22 heavy (non-hydrogen) atoms. The van der Waals surface area contributed by atoms with Crippen molar-refractivity contribution in [1.29, 1.82) is 0 Å². The summed E-state index contributed by atoms with van der Waals surface area (Å²) in [5.74, 6) is -0.233. The Balaban J connectivity index is 1.94. The van der Waals surface area contributed by atoms with Gasteiger partial charge >= 0.3 is 0 Å². The van der Waals surface area contributed by atoms with E-state index in [9.17, 15) is 4.79 Å². The maximum Gasteiger partial charge on any atom is 0.127 e. The van der Waals surface area contributed by atoms with Gasteiger partial charge in [0.1, 0.15) is 6.29 Å². The van der Waals surface area contributed by atoms with Crippen LogP contribution in [0.4, 0.5) is 0 Å². The smallest absolute Gasteiger partial charge is 0.127 e. The van der Waals surface area contributed by atoms with Crippen LogP contribution in [0, 0.1) is 5.92 Å². The Hall–Kier alpha value is -1.68. The molecule has 0 aliphatic carbocycles. The van der Waals surface area contributed by atoms with Crippen LogP contribution in [0.5, 0.6) is 0 Å². The molecule has 4 heteroatoms. The van der Waals surface area contributed by atoms with Gasteiger partial charge in [0.25, 0.3) is 0 Å². The maximum atomic E-state index is 11.6. The van der Waals surface area contributed by atoms with Gasteiger partial charge in [0.05, 0.1) is 18.1 Å². The van der Waals surface area contributed by atoms with Gasteiger partial charge in [-0.25, -0.2) is 0 Å². The predicted molar refractivity (Wildman–Crippen MR) is 86.3 cm³/mol. The van der Waals surface area contributed by atoms with Crippen molar-refractivity contribution in [3.63, 3.8) is 0 Å². The van der Waals surface area contributed by atoms with E-state index in [0.717, 1.165) is 17.4 Å². The normalized spacial score (nSPS) is 25.3. The molecule has 1 fully saturated rings. The SMILES string of the molecule is C[C@@H]1ON(Cc2ccccc2)[C@@H](c2ccccc2Cl)[C@H]1C=O. The summed E-state index contributed by atoms with van der Waals surface area (Å²) < 4.78 is 0. The molecule has 1 saturated heterocycles. The number of benzene rings is 2. The minimum atomic E-state index is -0.233. The molecule has 0 spiro atoms. The van der Waals surface area contributed by atoms with Crippen LogP contribution >= 0.6 is 11.6 Å². The number of aldehydes is 1. The van der Waals surface area contributed by atoms with E-state index in [0.29, 0.717) is 11.6 Å². The van der Waals surface area contributed by atoms with Crippen LogP contribution in [0.1, 0.15) is 24.1 Å². The van der Waals surface area contributed by atoms with Crippen LogP contribution in [-0.4, -0.2) is 17.5 Å². The molecule has 2 aromatic carbocycles. The highest BCUT2D eigenvalue weighted by molar-refractivity contribution is 6.31. The van der Waals surface area contributed by atoms with E-state index in [1.165, 1.54) is 0 Å². The fraction of sp³-hybridized carbons (Fsp3) is 0.278. The van der Waals surface area contributed by atoms with Crippen molar-refractivity contribution in [3.8, 4) is 0 Å². The lowest BCUT2D eigenvalue weighted by molar-refractivity contribution is -0.166. The first-order valence-corrected chi connectivity index (χ1v) is 7.75. The lowest BCUT2D eigenvalue weighted by Gasteiger charge is -2.25. The second kappa shape index (κ2) is 6.61. The Kier molecular flexibility index (Phi) is 4.57. The zero-order chi connectivity index (χ0) is 15.5. The minimum absolute atomic E-state index is 0.164. The van der Waals surface area contributed by atoms with Gasteiger partial charge in [-0.05, 0) is 24.1 Å². The van der Waals surface area contributed by atoms with Crippen molar-refractivity contribution in [3.05, 3.63) is 70.7 Å². The van der Waals surface area contributed by atoms with Crippen LogP contribution in [0.25, 0.3) is 0 Å². The Morgan fingerprint density at radius 3 is 2.50 bits per heavy atom. The number of carbonyl (C=O) groups excluding carboxylic acids is 1. The molecule has 1 heterocycles. The largest absolute Gasteiger partial charge is 0.303 e. The summed E-state index contributed by atoms with van der Waals surface area (Å²) in [4.78, 5) is 17.5. The van der Waals surface area contributed by atoms with Crippen molar-refractivity contribution < 1.29 is 9.63 Å². The van der Waals surface area contributed by atoms with Crippen molar-refractivity contribution >= 4 is 17.9 Å². The molecule has 0 N–H and O–H groups in total. The molecule has 114 valence electrons. The molecule has 3 rings (SSSR count). The van der Waals surface area contributed by atoms with E-state index < -0.39 is 0 Å². The third kappa shape index (κ3) is 2.93. The molecule has 1 aliphatic heterocycles. The monoisotopic (exact) mass is 315 g/mol. The van der Waals surface area contributed by atoms with E-state index in [1.54, 1.807) is 0 Å². The van der Waals surface area contributed by atoms with Crippen LogP contribution in [0.15, 0.2) is 54.6 Å². The molecular weight excluding hydrogens is 298 g/mol. The molecule has 1 aliphatic rings. The first kappa shape index (κ1) is 15.2. The van der Waals surface area contributed by atoms with E-state index >= 15 is 0 Å². The first-order valence-electron chi connectivity index (χ1n) is 7.38. The quantitative estimate of drug-likeness (QED) is 0.798. The summed E-state index contributed by atoms with van der Waals surface area (Å²) in [6, 6.07) is 17.5. The number of rotatable bonds is 4. The summed E-state index contributed by atoms with van der Waals surface area (Å²) >= 11 is 6.34. The number of halogens is 1. The lowest BCUT2D eigenvalue weighted by atomic mass is 9.91. The Labute approximate surface area is 135 Å². The van der Waals surface area contributed by atoms with Crippen molar-refractivity contribution in [2.24, 2.45) is 5.92 Å². The molecule has 2 aromatic rings. The predicted octanol–water partition coefficient (Wildman–Crippen LogP) is 4.03. The van der Waals surface area contributed by atoms with Crippen LogP contribution in [0.3, 0.4) is 0 Å². The topological polar surface area (TPSA) is 29.5 Å². The molecular formula is C18H18ClNO2. The van der Waals surface area contributed by atoms with Crippen LogP contribution in [0.2, 0.25) is 5.02 Å². The van der Waals surface area contributed by atoms with Gasteiger partial charge in [0, 0.05) is 11.6 Å². The highest BCUT2D eigenvalue weighted by Crippen LogP contribution is 2.41. The standard InChI is InChI=1S/C18H18ClNO2/c1-13-16(12-21)18(15-9-5-6-10-17(15)19)20(22-13)11-14-7-3-2-4-8-14/h2-10,12-13,16,18H,11H2,1H3/t13-,16-,18-/m0/s1. The molecule has 0 unspecified atom stereocenters. The van der Waals surface area contributed by atoms with Crippen molar-refractivity contribution in [1.82, 2.24) is 5.06 Å². The molecule has 0 aromatic heterocycles. The highest BCUT2D eigenvalue weighted by atomic mass is 35.5. The van der Waals surface area contributed by atoms with Gasteiger partial charge < -0.3 is 4.79 Å². The maximum absolute atomic E-state index is 11.6. The highest BCUT2D eigenvalue weighted by Gasteiger charge is 2.42. The van der Waals surface area contributed by atoms with E-state index in [4.69, 9.17) is 16.4 Å². The van der Waals surface area contributed by atoms with Crippen molar-refractivity contribution in [2.75, 3.05) is 0 Å². The van der Waals surface area contributed by atoms with Gasteiger partial charge in [0.15, 0.2) is 0 Å². The molecule has 0 radical (unpaired) electrons. The average molecular weight is 316 g/mol. The van der Waals surface area contributed by atoms with Gasteiger partial charge in [-0.2, -0.15) is 5.06 Å². The summed E-state index contributed by atoms with van der Waals surface area (Å²) in [6.07, 6.45) is 0.811. The average Bonchev–Trinajstić information content (AvgIpc) is 2.84.